The first kappa shape index (κ1) is 41.9. The van der Waals surface area contributed by atoms with E-state index >= 15 is 4.79 Å². The van der Waals surface area contributed by atoms with Gasteiger partial charge in [0.1, 0.15) is 24.1 Å². The number of rotatable bonds is 6. The van der Waals surface area contributed by atoms with Crippen LogP contribution in [0.1, 0.15) is 148 Å². The second-order valence-corrected chi connectivity index (χ2v) is 24.2. The van der Waals surface area contributed by atoms with Crippen LogP contribution in [-0.2, 0) is 25.5 Å². The highest BCUT2D eigenvalue weighted by molar-refractivity contribution is 6.04. The third kappa shape index (κ3) is 5.70. The molecule has 0 radical (unpaired) electrons. The molecule has 4 saturated carbocycles. The van der Waals surface area contributed by atoms with Crippen LogP contribution in [0.25, 0.3) is 0 Å². The number of epoxide rings is 1. The van der Waals surface area contributed by atoms with Gasteiger partial charge in [-0.1, -0.05) is 64.8 Å². The van der Waals surface area contributed by atoms with Crippen LogP contribution in [0.2, 0.25) is 0 Å². The molecule has 1 spiro atoms. The van der Waals surface area contributed by atoms with Crippen molar-refractivity contribution in [1.29, 1.82) is 0 Å². The number of hydrogen-bond donors (Lipinski definition) is 3. The van der Waals surface area contributed by atoms with Gasteiger partial charge in [0.15, 0.2) is 11.5 Å². The predicted molar refractivity (Wildman–Crippen MR) is 240 cm³/mol. The number of nitrogens with one attached hydrogen (secondary N) is 1. The Bertz CT molecular complexity index is 2260. The quantitative estimate of drug-likeness (QED) is 0.253. The van der Waals surface area contributed by atoms with Crippen molar-refractivity contribution in [3.8, 4) is 0 Å². The summed E-state index contributed by atoms with van der Waals surface area (Å²) < 4.78 is 11.8. The third-order valence-electron chi connectivity index (χ3n) is 20.2. The van der Waals surface area contributed by atoms with E-state index in [0.29, 0.717) is 36.9 Å². The number of ketones is 2. The Kier molecular flexibility index (Phi) is 9.39. The zero-order valence-corrected chi connectivity index (χ0v) is 38.9. The van der Waals surface area contributed by atoms with E-state index in [1.807, 2.05) is 0 Å². The lowest BCUT2D eigenvalue weighted by Crippen LogP contribution is -3.10. The van der Waals surface area contributed by atoms with Crippen molar-refractivity contribution in [3.63, 3.8) is 0 Å². The number of hydrogen-bond acceptors (Lipinski definition) is 7. The van der Waals surface area contributed by atoms with E-state index in [1.165, 1.54) is 44.0 Å². The number of aliphatic hydroxyl groups is 2. The highest BCUT2D eigenvalue weighted by Crippen LogP contribution is 2.79. The molecule has 8 nitrogen and oxygen atoms in total. The third-order valence-corrected chi connectivity index (χ3v) is 20.2. The molecular weight excluding hydrogens is 773 g/mol. The topological polar surface area (TPSA) is 113 Å². The van der Waals surface area contributed by atoms with E-state index in [2.05, 4.69) is 79.8 Å². The van der Waals surface area contributed by atoms with Crippen molar-refractivity contribution in [2.45, 2.75) is 169 Å². The van der Waals surface area contributed by atoms with Gasteiger partial charge in [0.05, 0.1) is 30.3 Å². The number of allylic oxidation sites excluding steroid dienone is 2. The number of carbonyl (C=O) groups is 2. The largest absolute Gasteiger partial charge is 0.392 e. The normalized spacial score (nSPS) is 43.4. The Morgan fingerprint density at radius 2 is 1.69 bits per heavy atom. The van der Waals surface area contributed by atoms with Gasteiger partial charge in [-0.2, -0.15) is 0 Å². The smallest absolute Gasteiger partial charge is 0.163 e. The molecule has 0 bridgehead atoms. The fourth-order valence-corrected chi connectivity index (χ4v) is 17.4. The van der Waals surface area contributed by atoms with Gasteiger partial charge in [0.25, 0.3) is 0 Å². The van der Waals surface area contributed by atoms with Crippen molar-refractivity contribution in [3.05, 3.63) is 68.6 Å². The molecule has 5 heterocycles. The lowest BCUT2D eigenvalue weighted by molar-refractivity contribution is -0.852. The number of ether oxygens (including phenoxy) is 2. The zero-order valence-electron chi connectivity index (χ0n) is 38.9. The number of aliphatic imine (C=N–C) groups is 1. The molecular formula is C54H73N2O6+. The predicted octanol–water partition coefficient (Wildman–Crippen LogP) is 7.74. The number of carbonyl (C=O) groups excluding carboxylic acids is 2. The SMILES string of the molecule is Cc1cc(CC2=C3N=CC4=C3[NH+](C2)CC2C3=C(C(=O)C5CCCC6(CCC7C(C)(C)C(=O)CCC7(C)C6C2O)C35C)C(C)(CC(O)C2OC2(C)C)CC4)cc(C2CCOCC2)c1. The molecule has 0 aromatic heterocycles. The van der Waals surface area contributed by atoms with Gasteiger partial charge < -0.3 is 19.7 Å². The van der Waals surface area contributed by atoms with Crippen LogP contribution in [0.15, 0.2) is 56.9 Å². The van der Waals surface area contributed by atoms with Crippen LogP contribution >= 0.6 is 0 Å². The molecule has 6 fully saturated rings. The summed E-state index contributed by atoms with van der Waals surface area (Å²) in [5.74, 6) is 0.990. The Balaban J connectivity index is 1.05. The minimum Gasteiger partial charge on any atom is -0.392 e. The minimum atomic E-state index is -0.703. The fourth-order valence-electron chi connectivity index (χ4n) is 17.4. The molecule has 5 aliphatic carbocycles. The van der Waals surface area contributed by atoms with Gasteiger partial charge >= 0.3 is 0 Å². The van der Waals surface area contributed by atoms with Crippen molar-refractivity contribution in [1.82, 2.24) is 0 Å². The highest BCUT2D eigenvalue weighted by atomic mass is 16.6. The molecule has 10 aliphatic rings. The lowest BCUT2D eigenvalue weighted by atomic mass is 9.31. The van der Waals surface area contributed by atoms with Crippen molar-refractivity contribution in [2.75, 3.05) is 26.3 Å². The maximum atomic E-state index is 15.8. The number of aliphatic hydroxyl groups excluding tert-OH is 2. The van der Waals surface area contributed by atoms with Crippen molar-refractivity contribution in [2.24, 2.45) is 55.7 Å². The summed E-state index contributed by atoms with van der Waals surface area (Å²) in [5, 5.41) is 25.8. The molecule has 0 amide bonds. The summed E-state index contributed by atoms with van der Waals surface area (Å²) in [5.41, 5.74) is 8.99. The monoisotopic (exact) mass is 846 g/mol. The fraction of sp³-hybridized carbons (Fsp3) is 0.722. The molecule has 334 valence electrons. The van der Waals surface area contributed by atoms with E-state index < -0.39 is 28.5 Å². The second-order valence-electron chi connectivity index (χ2n) is 24.2. The van der Waals surface area contributed by atoms with E-state index in [1.54, 1.807) is 0 Å². The average molecular weight is 846 g/mol. The molecule has 5 aliphatic heterocycles. The van der Waals surface area contributed by atoms with Gasteiger partial charge in [0.2, 0.25) is 0 Å². The van der Waals surface area contributed by atoms with Crippen molar-refractivity contribution >= 4 is 17.8 Å². The van der Waals surface area contributed by atoms with E-state index in [9.17, 15) is 15.0 Å². The summed E-state index contributed by atoms with van der Waals surface area (Å²) in [6, 6.07) is 7.18. The van der Waals surface area contributed by atoms with E-state index in [0.717, 1.165) is 102 Å². The van der Waals surface area contributed by atoms with Gasteiger partial charge in [-0.05, 0) is 136 Å². The number of aryl methyl sites for hydroxylation is 1. The van der Waals surface area contributed by atoms with E-state index in [4.69, 9.17) is 14.5 Å². The summed E-state index contributed by atoms with van der Waals surface area (Å²) in [6.45, 7) is 21.1. The molecule has 1 aromatic carbocycles. The van der Waals surface area contributed by atoms with Crippen LogP contribution in [-0.4, -0.2) is 78.2 Å². The molecule has 62 heavy (non-hydrogen) atoms. The second kappa shape index (κ2) is 13.9. The molecule has 1 aromatic rings. The Labute approximate surface area is 370 Å². The molecule has 12 unspecified atom stereocenters. The standard InChI is InChI=1S/C54H72N2O6/c1-30-22-31(24-34(23-30)32-14-20-61-21-15-32)25-35-28-56-29-36-41-42(51(6,26-38(57)48-50(4,5)62-48)17-11-33-27-55-43(35)44(33)56)46(60)37-10-9-16-54(53(37,41)8)19-12-39-49(2,3)40(58)13-18-52(39,7)47(54)45(36)59/h22-24,27,32,36-39,45,47-48,57,59H,9-21,25-26,28-29H2,1-8H3/p+1. The van der Waals surface area contributed by atoms with Crippen molar-refractivity contribution < 1.29 is 34.2 Å². The van der Waals surface area contributed by atoms with Crippen LogP contribution in [0.5, 0.6) is 0 Å². The summed E-state index contributed by atoms with van der Waals surface area (Å²) in [4.78, 5) is 36.2. The highest BCUT2D eigenvalue weighted by Gasteiger charge is 2.77. The Morgan fingerprint density at radius 3 is 2.44 bits per heavy atom. The summed E-state index contributed by atoms with van der Waals surface area (Å²) in [6.07, 6.45) is 11.6. The van der Waals surface area contributed by atoms with Gasteiger partial charge in [-0.3, -0.25) is 14.5 Å². The molecule has 2 saturated heterocycles. The molecule has 3 N–H and O–H groups in total. The van der Waals surface area contributed by atoms with Gasteiger partial charge in [0, 0.05) is 65.7 Å². The van der Waals surface area contributed by atoms with E-state index in [-0.39, 0.29) is 46.2 Å². The number of quaternary nitrogens is 1. The van der Waals surface area contributed by atoms with Crippen LogP contribution in [0, 0.1) is 57.7 Å². The first-order chi connectivity index (χ1) is 29.3. The van der Waals surface area contributed by atoms with Crippen LogP contribution < -0.4 is 4.90 Å². The number of Topliss-reactive ketones (excluding diaryl/α,β-unsaturated/α-hetero) is 2. The molecule has 11 rings (SSSR count). The minimum absolute atomic E-state index is 0.0200. The number of nitrogens with zero attached hydrogens (tertiary/aromatic N) is 1. The first-order valence-corrected chi connectivity index (χ1v) is 24.7. The molecule has 12 atom stereocenters. The Hall–Kier alpha value is -2.75. The summed E-state index contributed by atoms with van der Waals surface area (Å²) in [7, 11) is 0. The maximum Gasteiger partial charge on any atom is 0.163 e. The number of benzene rings is 1. The maximum absolute atomic E-state index is 15.8. The molecule has 8 heteroatoms. The lowest BCUT2D eigenvalue weighted by Gasteiger charge is -2.72. The summed E-state index contributed by atoms with van der Waals surface area (Å²) >= 11 is 0. The average Bonchev–Trinajstić information content (AvgIpc) is 3.45. The van der Waals surface area contributed by atoms with Crippen LogP contribution in [0.4, 0.5) is 0 Å². The Morgan fingerprint density at radius 1 is 0.935 bits per heavy atom. The van der Waals surface area contributed by atoms with Crippen LogP contribution in [0.3, 0.4) is 0 Å². The van der Waals surface area contributed by atoms with Gasteiger partial charge in [-0.25, -0.2) is 4.99 Å². The first-order valence-electron chi connectivity index (χ1n) is 24.7. The number of fused-ring (bicyclic) bond motifs is 2. The zero-order chi connectivity index (χ0) is 43.5. The van der Waals surface area contributed by atoms with Gasteiger partial charge in [-0.15, -0.1) is 0 Å².